The molecule has 0 aliphatic heterocycles. The van der Waals surface area contributed by atoms with Gasteiger partial charge in [0.25, 0.3) is 0 Å². The first-order valence-corrected chi connectivity index (χ1v) is 10.1. The van der Waals surface area contributed by atoms with Crippen molar-refractivity contribution in [1.82, 2.24) is 25.9 Å². The van der Waals surface area contributed by atoms with Crippen LogP contribution in [0.3, 0.4) is 0 Å². The molecule has 0 spiro atoms. The van der Waals surface area contributed by atoms with Gasteiger partial charge >= 0.3 is 11.9 Å². The van der Waals surface area contributed by atoms with Gasteiger partial charge in [0.1, 0.15) is 18.1 Å². The van der Waals surface area contributed by atoms with Crippen molar-refractivity contribution in [3.8, 4) is 0 Å². The van der Waals surface area contributed by atoms with E-state index in [4.69, 9.17) is 22.3 Å². The molecule has 1 aromatic heterocycles. The highest BCUT2D eigenvalue weighted by Crippen LogP contribution is 2.05. The number of H-pyrrole nitrogens is 1. The lowest BCUT2D eigenvalue weighted by atomic mass is 10.1. The summed E-state index contributed by atoms with van der Waals surface area (Å²) in [5, 5.41) is 25.0. The molecule has 16 nitrogen and oxygen atoms in total. The maximum atomic E-state index is 12.9. The van der Waals surface area contributed by atoms with E-state index in [9.17, 15) is 29.1 Å². The van der Waals surface area contributed by atoms with E-state index in [1.807, 2.05) is 0 Å². The minimum atomic E-state index is -1.72. The van der Waals surface area contributed by atoms with Crippen molar-refractivity contribution in [1.29, 1.82) is 0 Å². The van der Waals surface area contributed by atoms with Crippen LogP contribution in [0.25, 0.3) is 0 Å². The van der Waals surface area contributed by atoms with Crippen LogP contribution in [0.1, 0.15) is 25.0 Å². The number of imidazole rings is 1. The number of nitrogens with two attached hydrogens (primary N) is 3. The minimum absolute atomic E-state index is 0.00330. The molecule has 0 aliphatic rings. The molecule has 34 heavy (non-hydrogen) atoms. The first-order valence-electron chi connectivity index (χ1n) is 10.1. The van der Waals surface area contributed by atoms with E-state index in [0.29, 0.717) is 5.69 Å². The highest BCUT2D eigenvalue weighted by molar-refractivity contribution is 5.94. The van der Waals surface area contributed by atoms with E-state index in [2.05, 4.69) is 30.9 Å². The summed E-state index contributed by atoms with van der Waals surface area (Å²) < 4.78 is 0. The monoisotopic (exact) mass is 483 g/mol. The summed E-state index contributed by atoms with van der Waals surface area (Å²) in [7, 11) is 0. The van der Waals surface area contributed by atoms with Gasteiger partial charge in [-0.25, -0.2) is 9.78 Å². The lowest BCUT2D eigenvalue weighted by molar-refractivity contribution is -0.147. The topological polar surface area (TPSA) is 281 Å². The number of carboxylic acids is 2. The van der Waals surface area contributed by atoms with Gasteiger partial charge in [-0.3, -0.25) is 24.2 Å². The number of aliphatic imine (C=N–C) groups is 1. The summed E-state index contributed by atoms with van der Waals surface area (Å²) in [6.45, 7) is -0.272. The lowest BCUT2D eigenvalue weighted by Crippen LogP contribution is -2.56. The Hall–Kier alpha value is -4.21. The van der Waals surface area contributed by atoms with E-state index in [0.717, 1.165) is 0 Å². The fraction of sp³-hybridized carbons (Fsp3) is 0.500. The molecule has 0 fully saturated rings. The quantitative estimate of drug-likeness (QED) is 0.0657. The molecule has 188 valence electrons. The second-order valence-electron chi connectivity index (χ2n) is 7.11. The zero-order valence-corrected chi connectivity index (χ0v) is 18.2. The highest BCUT2D eigenvalue weighted by atomic mass is 16.4. The van der Waals surface area contributed by atoms with Gasteiger partial charge in [-0.05, 0) is 12.8 Å². The Morgan fingerprint density at radius 1 is 1.03 bits per heavy atom. The summed E-state index contributed by atoms with van der Waals surface area (Å²) in [5.41, 5.74) is 16.3. The fourth-order valence-corrected chi connectivity index (χ4v) is 2.77. The number of hydrogen-bond acceptors (Lipinski definition) is 8. The van der Waals surface area contributed by atoms with Gasteiger partial charge in [-0.15, -0.1) is 0 Å². The summed E-state index contributed by atoms with van der Waals surface area (Å²) >= 11 is 0. The van der Waals surface area contributed by atoms with Crippen LogP contribution in [0.15, 0.2) is 17.5 Å². The largest absolute Gasteiger partial charge is 0.481 e. The fourth-order valence-electron chi connectivity index (χ4n) is 2.77. The number of nitrogens with one attached hydrogen (secondary N) is 4. The first kappa shape index (κ1) is 27.8. The third kappa shape index (κ3) is 10.4. The SMILES string of the molecule is NCC(=O)NC(Cc1cnc[nH]1)C(=O)NC(CCCN=C(N)N)C(=O)NC(CC(=O)O)C(=O)O. The molecule has 1 aromatic rings. The number of aliphatic carboxylic acids is 2. The predicted molar refractivity (Wildman–Crippen MR) is 117 cm³/mol. The molecule has 3 amide bonds. The molecule has 12 N–H and O–H groups in total. The van der Waals surface area contributed by atoms with Crippen molar-refractivity contribution in [2.24, 2.45) is 22.2 Å². The van der Waals surface area contributed by atoms with Crippen LogP contribution in [0, 0.1) is 0 Å². The molecule has 3 unspecified atom stereocenters. The van der Waals surface area contributed by atoms with Crippen LogP contribution in [0.2, 0.25) is 0 Å². The number of amides is 3. The summed E-state index contributed by atoms with van der Waals surface area (Å²) in [6, 6.07) is -4.14. The number of carbonyl (C=O) groups excluding carboxylic acids is 3. The van der Waals surface area contributed by atoms with Gasteiger partial charge in [-0.1, -0.05) is 0 Å². The second-order valence-corrected chi connectivity index (χ2v) is 7.11. The van der Waals surface area contributed by atoms with Crippen LogP contribution >= 0.6 is 0 Å². The first-order chi connectivity index (χ1) is 16.0. The summed E-state index contributed by atoms with van der Waals surface area (Å²) in [4.78, 5) is 70.1. The average Bonchev–Trinajstić information content (AvgIpc) is 3.27. The molecule has 3 atom stereocenters. The van der Waals surface area contributed by atoms with Gasteiger partial charge in [0.2, 0.25) is 17.7 Å². The molecule has 0 aromatic carbocycles. The molecule has 0 bridgehead atoms. The molecule has 0 saturated carbocycles. The van der Waals surface area contributed by atoms with Crippen molar-refractivity contribution < 1.29 is 34.2 Å². The maximum Gasteiger partial charge on any atom is 0.326 e. The number of nitrogens with zero attached hydrogens (tertiary/aromatic N) is 2. The van der Waals surface area contributed by atoms with E-state index < -0.39 is 54.2 Å². The number of carboxylic acid groups (broad SMARTS) is 2. The number of hydrogen-bond donors (Lipinski definition) is 9. The predicted octanol–water partition coefficient (Wildman–Crippen LogP) is -4.02. The molecule has 1 heterocycles. The Morgan fingerprint density at radius 3 is 2.21 bits per heavy atom. The number of carbonyl (C=O) groups is 5. The Bertz CT molecular complexity index is 884. The molecule has 0 aliphatic carbocycles. The van der Waals surface area contributed by atoms with Crippen molar-refractivity contribution in [3.63, 3.8) is 0 Å². The van der Waals surface area contributed by atoms with Crippen LogP contribution < -0.4 is 33.2 Å². The molecule has 0 saturated heterocycles. The van der Waals surface area contributed by atoms with Gasteiger partial charge in [0, 0.05) is 24.9 Å². The lowest BCUT2D eigenvalue weighted by Gasteiger charge is -2.24. The number of rotatable bonds is 15. The highest BCUT2D eigenvalue weighted by Gasteiger charge is 2.30. The van der Waals surface area contributed by atoms with Gasteiger partial charge in [0.15, 0.2) is 5.96 Å². The van der Waals surface area contributed by atoms with E-state index in [1.165, 1.54) is 12.5 Å². The molecule has 16 heteroatoms. The van der Waals surface area contributed by atoms with Crippen molar-refractivity contribution in [2.45, 2.75) is 43.8 Å². The molecular weight excluding hydrogens is 454 g/mol. The Morgan fingerprint density at radius 2 is 1.68 bits per heavy atom. The van der Waals surface area contributed by atoms with Crippen LogP contribution in [-0.2, 0) is 30.4 Å². The zero-order chi connectivity index (χ0) is 25.7. The average molecular weight is 483 g/mol. The smallest absolute Gasteiger partial charge is 0.326 e. The molecular formula is C18H29N9O7. The summed E-state index contributed by atoms with van der Waals surface area (Å²) in [6.07, 6.45) is 2.14. The van der Waals surface area contributed by atoms with Crippen LogP contribution in [0.5, 0.6) is 0 Å². The van der Waals surface area contributed by atoms with Crippen molar-refractivity contribution in [3.05, 3.63) is 18.2 Å². The Kier molecular flexibility index (Phi) is 11.5. The molecule has 1 rings (SSSR count). The second kappa shape index (κ2) is 14.0. The van der Waals surface area contributed by atoms with Gasteiger partial charge < -0.3 is 48.3 Å². The van der Waals surface area contributed by atoms with Crippen molar-refractivity contribution in [2.75, 3.05) is 13.1 Å². The minimum Gasteiger partial charge on any atom is -0.481 e. The van der Waals surface area contributed by atoms with Crippen LogP contribution in [-0.4, -0.2) is 87.0 Å². The van der Waals surface area contributed by atoms with Crippen LogP contribution in [0.4, 0.5) is 0 Å². The molecule has 0 radical (unpaired) electrons. The number of guanidine groups is 1. The standard InChI is InChI=1S/C18H29N9O7/c19-6-13(28)25-11(4-9-7-22-8-24-9)16(32)26-10(2-1-3-23-18(20)21)15(31)27-12(17(33)34)5-14(29)30/h7-8,10-12H,1-6,19H2,(H,22,24)(H,25,28)(H,26,32)(H,27,31)(H,29,30)(H,33,34)(H4,20,21,23). The van der Waals surface area contributed by atoms with E-state index in [-0.39, 0.29) is 38.3 Å². The number of aromatic amines is 1. The van der Waals surface area contributed by atoms with E-state index in [1.54, 1.807) is 0 Å². The van der Waals surface area contributed by atoms with Gasteiger partial charge in [0.05, 0.1) is 19.3 Å². The third-order valence-corrected chi connectivity index (χ3v) is 4.39. The summed E-state index contributed by atoms with van der Waals surface area (Å²) in [5.74, 6) is -5.50. The Labute approximate surface area is 193 Å². The van der Waals surface area contributed by atoms with Crippen molar-refractivity contribution >= 4 is 35.6 Å². The zero-order valence-electron chi connectivity index (χ0n) is 18.2. The van der Waals surface area contributed by atoms with Gasteiger partial charge in [-0.2, -0.15) is 0 Å². The third-order valence-electron chi connectivity index (χ3n) is 4.39. The maximum absolute atomic E-state index is 12.9. The normalized spacial score (nSPS) is 13.1. The Balaban J connectivity index is 3.02. The number of aromatic nitrogens is 2. The van der Waals surface area contributed by atoms with E-state index >= 15 is 0 Å².